The standard InChI is InChI=1S/C16H23FN2O/c1-11-7-14(8-12(2)16(11)17)10-19-15(20)9-13-3-5-18-6-4-13/h7-8,13,18H,3-6,9-10H2,1-2H3,(H,19,20). The molecule has 2 rings (SSSR count). The molecule has 3 nitrogen and oxygen atoms in total. The average molecular weight is 278 g/mol. The molecule has 0 spiro atoms. The summed E-state index contributed by atoms with van der Waals surface area (Å²) in [7, 11) is 0. The third-order valence-corrected chi connectivity index (χ3v) is 3.92. The number of aryl methyl sites for hydroxylation is 2. The van der Waals surface area contributed by atoms with Gasteiger partial charge in [-0.25, -0.2) is 4.39 Å². The van der Waals surface area contributed by atoms with E-state index >= 15 is 0 Å². The van der Waals surface area contributed by atoms with Crippen LogP contribution in [0.1, 0.15) is 36.0 Å². The molecule has 1 fully saturated rings. The zero-order valence-corrected chi connectivity index (χ0v) is 12.3. The molecular formula is C16H23FN2O. The summed E-state index contributed by atoms with van der Waals surface area (Å²) in [5.41, 5.74) is 2.22. The molecule has 110 valence electrons. The van der Waals surface area contributed by atoms with Crippen LogP contribution >= 0.6 is 0 Å². The normalized spacial score (nSPS) is 16.1. The van der Waals surface area contributed by atoms with Crippen molar-refractivity contribution in [1.82, 2.24) is 10.6 Å². The fourth-order valence-electron chi connectivity index (χ4n) is 2.76. The predicted octanol–water partition coefficient (Wildman–Crippen LogP) is 2.45. The maximum absolute atomic E-state index is 13.5. The first kappa shape index (κ1) is 15.0. The number of piperidine rings is 1. The van der Waals surface area contributed by atoms with Crippen molar-refractivity contribution in [2.75, 3.05) is 13.1 Å². The van der Waals surface area contributed by atoms with Crippen molar-refractivity contribution >= 4 is 5.91 Å². The fourth-order valence-corrected chi connectivity index (χ4v) is 2.76. The molecule has 0 unspecified atom stereocenters. The Labute approximate surface area is 120 Å². The van der Waals surface area contributed by atoms with E-state index in [9.17, 15) is 9.18 Å². The van der Waals surface area contributed by atoms with E-state index in [0.29, 0.717) is 30.0 Å². The molecule has 1 amide bonds. The van der Waals surface area contributed by atoms with E-state index in [2.05, 4.69) is 10.6 Å². The van der Waals surface area contributed by atoms with Crippen molar-refractivity contribution in [3.05, 3.63) is 34.6 Å². The molecule has 0 saturated carbocycles. The second-order valence-electron chi connectivity index (χ2n) is 5.72. The summed E-state index contributed by atoms with van der Waals surface area (Å²) >= 11 is 0. The van der Waals surface area contributed by atoms with Crippen LogP contribution in [0.3, 0.4) is 0 Å². The Morgan fingerprint density at radius 3 is 2.50 bits per heavy atom. The topological polar surface area (TPSA) is 41.1 Å². The van der Waals surface area contributed by atoms with Gasteiger partial charge in [-0.05, 0) is 62.4 Å². The number of benzene rings is 1. The van der Waals surface area contributed by atoms with E-state index in [1.165, 1.54) is 0 Å². The summed E-state index contributed by atoms with van der Waals surface area (Å²) in [5, 5.41) is 6.23. The summed E-state index contributed by atoms with van der Waals surface area (Å²) in [6.07, 6.45) is 2.74. The lowest BCUT2D eigenvalue weighted by atomic mass is 9.94. The van der Waals surface area contributed by atoms with Crippen LogP contribution in [0.4, 0.5) is 4.39 Å². The number of hydrogen-bond donors (Lipinski definition) is 2. The first-order valence-corrected chi connectivity index (χ1v) is 7.29. The molecule has 0 atom stereocenters. The lowest BCUT2D eigenvalue weighted by Gasteiger charge is -2.22. The Hall–Kier alpha value is -1.42. The van der Waals surface area contributed by atoms with Crippen LogP contribution < -0.4 is 10.6 Å². The van der Waals surface area contributed by atoms with Gasteiger partial charge in [-0.3, -0.25) is 4.79 Å². The molecule has 0 radical (unpaired) electrons. The maximum atomic E-state index is 13.5. The van der Waals surface area contributed by atoms with E-state index in [4.69, 9.17) is 0 Å². The number of nitrogens with one attached hydrogen (secondary N) is 2. The van der Waals surface area contributed by atoms with Crippen LogP contribution in [0.25, 0.3) is 0 Å². The van der Waals surface area contributed by atoms with Crippen molar-refractivity contribution in [3.8, 4) is 0 Å². The summed E-state index contributed by atoms with van der Waals surface area (Å²) in [6.45, 7) is 6.00. The highest BCUT2D eigenvalue weighted by Crippen LogP contribution is 2.17. The van der Waals surface area contributed by atoms with Crippen molar-refractivity contribution < 1.29 is 9.18 Å². The zero-order valence-electron chi connectivity index (χ0n) is 12.3. The Morgan fingerprint density at radius 2 is 1.90 bits per heavy atom. The van der Waals surface area contributed by atoms with E-state index < -0.39 is 0 Å². The van der Waals surface area contributed by atoms with Crippen LogP contribution in [-0.2, 0) is 11.3 Å². The molecule has 0 aliphatic carbocycles. The highest BCUT2D eigenvalue weighted by molar-refractivity contribution is 5.76. The van der Waals surface area contributed by atoms with E-state index in [1.807, 2.05) is 0 Å². The van der Waals surface area contributed by atoms with Crippen molar-refractivity contribution in [1.29, 1.82) is 0 Å². The average Bonchev–Trinajstić information content (AvgIpc) is 2.43. The van der Waals surface area contributed by atoms with E-state index in [1.54, 1.807) is 26.0 Å². The molecule has 1 saturated heterocycles. The predicted molar refractivity (Wildman–Crippen MR) is 77.9 cm³/mol. The molecule has 0 aromatic heterocycles. The molecule has 20 heavy (non-hydrogen) atoms. The molecule has 1 aromatic carbocycles. The van der Waals surface area contributed by atoms with Gasteiger partial charge in [-0.2, -0.15) is 0 Å². The Bertz CT molecular complexity index is 458. The minimum Gasteiger partial charge on any atom is -0.352 e. The molecule has 0 bridgehead atoms. The molecule has 1 heterocycles. The Balaban J connectivity index is 1.83. The lowest BCUT2D eigenvalue weighted by molar-refractivity contribution is -0.122. The largest absolute Gasteiger partial charge is 0.352 e. The number of carbonyl (C=O) groups is 1. The number of halogens is 1. The lowest BCUT2D eigenvalue weighted by Crippen LogP contribution is -2.32. The van der Waals surface area contributed by atoms with E-state index in [-0.39, 0.29) is 11.7 Å². The highest BCUT2D eigenvalue weighted by Gasteiger charge is 2.16. The summed E-state index contributed by atoms with van der Waals surface area (Å²) in [4.78, 5) is 11.9. The third kappa shape index (κ3) is 4.04. The first-order chi connectivity index (χ1) is 9.56. The summed E-state index contributed by atoms with van der Waals surface area (Å²) < 4.78 is 13.5. The SMILES string of the molecule is Cc1cc(CNC(=O)CC2CCNCC2)cc(C)c1F. The summed E-state index contributed by atoms with van der Waals surface area (Å²) in [6, 6.07) is 3.60. The second kappa shape index (κ2) is 6.84. The van der Waals surface area contributed by atoms with Crippen molar-refractivity contribution in [3.63, 3.8) is 0 Å². The van der Waals surface area contributed by atoms with Crippen LogP contribution in [0, 0.1) is 25.6 Å². The van der Waals surface area contributed by atoms with Crippen LogP contribution in [0.2, 0.25) is 0 Å². The van der Waals surface area contributed by atoms with Crippen LogP contribution in [0.5, 0.6) is 0 Å². The van der Waals surface area contributed by atoms with Gasteiger partial charge in [0.15, 0.2) is 0 Å². The van der Waals surface area contributed by atoms with Crippen molar-refractivity contribution in [2.24, 2.45) is 5.92 Å². The number of rotatable bonds is 4. The van der Waals surface area contributed by atoms with E-state index in [0.717, 1.165) is 31.5 Å². The molecule has 1 aromatic rings. The smallest absolute Gasteiger partial charge is 0.220 e. The third-order valence-electron chi connectivity index (χ3n) is 3.92. The number of amides is 1. The minimum absolute atomic E-state index is 0.0940. The number of carbonyl (C=O) groups excluding carboxylic acids is 1. The van der Waals surface area contributed by atoms with Crippen LogP contribution in [0.15, 0.2) is 12.1 Å². The minimum atomic E-state index is -0.158. The molecule has 1 aliphatic rings. The molecule has 2 N–H and O–H groups in total. The maximum Gasteiger partial charge on any atom is 0.220 e. The van der Waals surface area contributed by atoms with Gasteiger partial charge in [0.25, 0.3) is 0 Å². The van der Waals surface area contributed by atoms with Gasteiger partial charge in [-0.1, -0.05) is 12.1 Å². The Morgan fingerprint density at radius 1 is 1.30 bits per heavy atom. The fraction of sp³-hybridized carbons (Fsp3) is 0.562. The second-order valence-corrected chi connectivity index (χ2v) is 5.72. The quantitative estimate of drug-likeness (QED) is 0.888. The zero-order chi connectivity index (χ0) is 14.5. The number of hydrogen-bond acceptors (Lipinski definition) is 2. The summed E-state index contributed by atoms with van der Waals surface area (Å²) in [5.74, 6) is 0.430. The molecule has 4 heteroatoms. The van der Waals surface area contributed by atoms with Gasteiger partial charge < -0.3 is 10.6 Å². The van der Waals surface area contributed by atoms with Gasteiger partial charge >= 0.3 is 0 Å². The van der Waals surface area contributed by atoms with Gasteiger partial charge in [0.05, 0.1) is 0 Å². The molecule has 1 aliphatic heterocycles. The van der Waals surface area contributed by atoms with Gasteiger partial charge in [0.2, 0.25) is 5.91 Å². The monoisotopic (exact) mass is 278 g/mol. The van der Waals surface area contributed by atoms with Gasteiger partial charge in [0, 0.05) is 13.0 Å². The first-order valence-electron chi connectivity index (χ1n) is 7.29. The Kier molecular flexibility index (Phi) is 5.12. The van der Waals surface area contributed by atoms with Crippen molar-refractivity contribution in [2.45, 2.75) is 39.7 Å². The van der Waals surface area contributed by atoms with Gasteiger partial charge in [-0.15, -0.1) is 0 Å². The van der Waals surface area contributed by atoms with Gasteiger partial charge in [0.1, 0.15) is 5.82 Å². The molecular weight excluding hydrogens is 255 g/mol. The van der Waals surface area contributed by atoms with Crippen LogP contribution in [-0.4, -0.2) is 19.0 Å². The highest BCUT2D eigenvalue weighted by atomic mass is 19.1.